The molecule has 0 aromatic heterocycles. The summed E-state index contributed by atoms with van der Waals surface area (Å²) in [5, 5.41) is 8.68. The lowest BCUT2D eigenvalue weighted by atomic mass is 9.82. The molecule has 14 heavy (non-hydrogen) atoms. The molecule has 6 heteroatoms. The van der Waals surface area contributed by atoms with Crippen molar-refractivity contribution in [2.45, 2.75) is 19.3 Å². The van der Waals surface area contributed by atoms with E-state index in [9.17, 15) is 13.2 Å². The van der Waals surface area contributed by atoms with E-state index >= 15 is 0 Å². The summed E-state index contributed by atoms with van der Waals surface area (Å²) in [6, 6.07) is 0. The van der Waals surface area contributed by atoms with Crippen LogP contribution in [0.25, 0.3) is 0 Å². The Balaban J connectivity index is 2.83. The lowest BCUT2D eigenvalue weighted by Crippen LogP contribution is -2.43. The highest BCUT2D eigenvalue weighted by Gasteiger charge is 2.39. The number of sulfone groups is 1. The van der Waals surface area contributed by atoms with Crippen LogP contribution in [0.15, 0.2) is 0 Å². The fourth-order valence-electron chi connectivity index (χ4n) is 1.97. The average molecular weight is 221 g/mol. The molecule has 0 amide bonds. The summed E-state index contributed by atoms with van der Waals surface area (Å²) in [6.07, 6.45) is 0.963. The predicted octanol–water partition coefficient (Wildman–Crippen LogP) is -0.385. The monoisotopic (exact) mass is 221 g/mol. The molecule has 3 N–H and O–H groups in total. The number of hydrogen-bond donors (Lipinski definition) is 2. The van der Waals surface area contributed by atoms with E-state index < -0.39 is 21.2 Å². The van der Waals surface area contributed by atoms with E-state index in [1.807, 2.05) is 0 Å². The van der Waals surface area contributed by atoms with Crippen LogP contribution in [0.4, 0.5) is 0 Å². The Morgan fingerprint density at radius 3 is 2.57 bits per heavy atom. The first-order valence-corrected chi connectivity index (χ1v) is 6.34. The second kappa shape index (κ2) is 3.86. The van der Waals surface area contributed by atoms with Crippen molar-refractivity contribution in [3.8, 4) is 0 Å². The summed E-state index contributed by atoms with van der Waals surface area (Å²) in [5.74, 6) is -0.899. The lowest BCUT2D eigenvalue weighted by molar-refractivity contribution is -0.139. The normalized spacial score (nSPS) is 31.2. The van der Waals surface area contributed by atoms with Gasteiger partial charge in [-0.05, 0) is 19.4 Å². The highest BCUT2D eigenvalue weighted by molar-refractivity contribution is 7.91. The Morgan fingerprint density at radius 2 is 2.14 bits per heavy atom. The van der Waals surface area contributed by atoms with Crippen LogP contribution in [0.1, 0.15) is 19.3 Å². The van der Waals surface area contributed by atoms with Crippen molar-refractivity contribution in [3.63, 3.8) is 0 Å². The largest absolute Gasteiger partial charge is 0.481 e. The summed E-state index contributed by atoms with van der Waals surface area (Å²) in [7, 11) is -3.09. The molecular formula is C8H15NO4S. The molecule has 0 aliphatic carbocycles. The van der Waals surface area contributed by atoms with Crippen molar-refractivity contribution < 1.29 is 18.3 Å². The van der Waals surface area contributed by atoms with E-state index in [1.165, 1.54) is 0 Å². The number of carboxylic acid groups (broad SMARTS) is 1. The van der Waals surface area contributed by atoms with Crippen molar-refractivity contribution in [1.82, 2.24) is 0 Å². The van der Waals surface area contributed by atoms with Crippen LogP contribution in [0.3, 0.4) is 0 Å². The van der Waals surface area contributed by atoms with Gasteiger partial charge in [0.05, 0.1) is 17.9 Å². The molecule has 5 nitrogen and oxygen atoms in total. The molecular weight excluding hydrogens is 206 g/mol. The quantitative estimate of drug-likeness (QED) is 0.676. The Kier molecular flexibility index (Phi) is 3.16. The lowest BCUT2D eigenvalue weighted by Gasteiger charge is -2.34. The van der Waals surface area contributed by atoms with Gasteiger partial charge in [-0.25, -0.2) is 8.42 Å². The Labute approximate surface area is 83.2 Å². The van der Waals surface area contributed by atoms with Gasteiger partial charge in [-0.2, -0.15) is 0 Å². The zero-order valence-corrected chi connectivity index (χ0v) is 8.72. The molecule has 1 aliphatic heterocycles. The number of aliphatic carboxylic acids is 1. The van der Waals surface area contributed by atoms with Crippen LogP contribution in [-0.4, -0.2) is 37.5 Å². The van der Waals surface area contributed by atoms with Crippen molar-refractivity contribution in [1.29, 1.82) is 0 Å². The first-order valence-electron chi connectivity index (χ1n) is 4.51. The third-order valence-electron chi connectivity index (χ3n) is 2.65. The van der Waals surface area contributed by atoms with Crippen LogP contribution < -0.4 is 5.73 Å². The molecule has 0 saturated carbocycles. The van der Waals surface area contributed by atoms with E-state index in [4.69, 9.17) is 10.8 Å². The molecule has 1 fully saturated rings. The van der Waals surface area contributed by atoms with Crippen LogP contribution in [0, 0.1) is 5.41 Å². The topological polar surface area (TPSA) is 97.5 Å². The second-order valence-corrected chi connectivity index (χ2v) is 6.15. The number of carboxylic acids is 1. The average Bonchev–Trinajstić information content (AvgIpc) is 2.01. The van der Waals surface area contributed by atoms with Gasteiger partial charge in [0.2, 0.25) is 0 Å². The van der Waals surface area contributed by atoms with Crippen LogP contribution >= 0.6 is 0 Å². The Morgan fingerprint density at radius 1 is 1.50 bits per heavy atom. The first kappa shape index (κ1) is 11.5. The Bertz CT molecular complexity index is 324. The van der Waals surface area contributed by atoms with E-state index in [0.29, 0.717) is 12.8 Å². The van der Waals surface area contributed by atoms with Crippen molar-refractivity contribution in [3.05, 3.63) is 0 Å². The van der Waals surface area contributed by atoms with Gasteiger partial charge in [-0.3, -0.25) is 4.79 Å². The molecule has 0 spiro atoms. The molecule has 1 saturated heterocycles. The summed E-state index contributed by atoms with van der Waals surface area (Å²) < 4.78 is 22.7. The molecule has 1 aliphatic rings. The van der Waals surface area contributed by atoms with Gasteiger partial charge in [0.15, 0.2) is 9.84 Å². The van der Waals surface area contributed by atoms with E-state index in [-0.39, 0.29) is 24.5 Å². The van der Waals surface area contributed by atoms with Crippen molar-refractivity contribution >= 4 is 15.8 Å². The molecule has 1 heterocycles. The van der Waals surface area contributed by atoms with Crippen LogP contribution in [-0.2, 0) is 14.6 Å². The minimum atomic E-state index is -3.09. The van der Waals surface area contributed by atoms with Crippen molar-refractivity contribution in [2.75, 3.05) is 18.1 Å². The summed E-state index contributed by atoms with van der Waals surface area (Å²) >= 11 is 0. The second-order valence-electron chi connectivity index (χ2n) is 3.97. The minimum absolute atomic E-state index is 0.0806. The number of hydrogen-bond acceptors (Lipinski definition) is 4. The van der Waals surface area contributed by atoms with Gasteiger partial charge < -0.3 is 10.8 Å². The molecule has 1 rings (SSSR count). The maximum absolute atomic E-state index is 11.4. The molecule has 0 aromatic carbocycles. The number of nitrogens with two attached hydrogens (primary N) is 1. The van der Waals surface area contributed by atoms with Gasteiger partial charge in [0.1, 0.15) is 0 Å². The highest BCUT2D eigenvalue weighted by atomic mass is 32.2. The van der Waals surface area contributed by atoms with E-state index in [1.54, 1.807) is 0 Å². The molecule has 82 valence electrons. The van der Waals surface area contributed by atoms with Crippen LogP contribution in [0.2, 0.25) is 0 Å². The maximum Gasteiger partial charge on any atom is 0.303 e. The molecule has 1 atom stereocenters. The zero-order valence-electron chi connectivity index (χ0n) is 7.90. The van der Waals surface area contributed by atoms with Gasteiger partial charge in [-0.15, -0.1) is 0 Å². The fraction of sp³-hybridized carbons (Fsp3) is 0.875. The van der Waals surface area contributed by atoms with Gasteiger partial charge >= 0.3 is 5.97 Å². The maximum atomic E-state index is 11.4. The van der Waals surface area contributed by atoms with Gasteiger partial charge in [0.25, 0.3) is 0 Å². The number of rotatable bonds is 3. The molecule has 1 unspecified atom stereocenters. The smallest absolute Gasteiger partial charge is 0.303 e. The SMILES string of the molecule is NCC1(CC(=O)O)CCCS(=O)(=O)C1. The third-order valence-corrected chi connectivity index (χ3v) is 4.61. The fourth-order valence-corrected chi connectivity index (χ4v) is 4.00. The minimum Gasteiger partial charge on any atom is -0.481 e. The predicted molar refractivity (Wildman–Crippen MR) is 51.6 cm³/mol. The summed E-state index contributed by atoms with van der Waals surface area (Å²) in [4.78, 5) is 10.6. The molecule has 0 bridgehead atoms. The van der Waals surface area contributed by atoms with E-state index in [0.717, 1.165) is 0 Å². The summed E-state index contributed by atoms with van der Waals surface area (Å²) in [5.41, 5.74) is 4.75. The molecule has 0 radical (unpaired) electrons. The van der Waals surface area contributed by atoms with Gasteiger partial charge in [0, 0.05) is 5.41 Å². The molecule has 0 aromatic rings. The highest BCUT2D eigenvalue weighted by Crippen LogP contribution is 2.33. The third kappa shape index (κ3) is 2.68. The van der Waals surface area contributed by atoms with Crippen LogP contribution in [0.5, 0.6) is 0 Å². The van der Waals surface area contributed by atoms with Crippen molar-refractivity contribution in [2.24, 2.45) is 11.1 Å². The summed E-state index contributed by atoms with van der Waals surface area (Å²) in [6.45, 7) is 0.124. The van der Waals surface area contributed by atoms with E-state index in [2.05, 4.69) is 0 Å². The Hall–Kier alpha value is -0.620. The zero-order chi connectivity index (χ0) is 10.8. The first-order chi connectivity index (χ1) is 6.39. The number of carbonyl (C=O) groups is 1. The standard InChI is InChI=1S/C8H15NO4S/c9-5-8(4-7(10)11)2-1-3-14(12,13)6-8/h1-6,9H2,(H,10,11). The van der Waals surface area contributed by atoms with Gasteiger partial charge in [-0.1, -0.05) is 0 Å².